The molecule has 0 N–H and O–H groups in total. The van der Waals surface area contributed by atoms with Crippen LogP contribution in [0, 0.1) is 0 Å². The Morgan fingerprint density at radius 2 is 1.02 bits per heavy atom. The second-order valence-electron chi connectivity index (χ2n) is 16.0. The summed E-state index contributed by atoms with van der Waals surface area (Å²) in [6.45, 7) is 4.62. The minimum atomic E-state index is -0.138. The van der Waals surface area contributed by atoms with E-state index >= 15 is 0 Å². The van der Waals surface area contributed by atoms with E-state index in [4.69, 9.17) is 15.0 Å². The number of hydrogen-bond acceptors (Lipinski definition) is 4. The molecule has 278 valence electrons. The molecule has 8 aromatic carbocycles. The van der Waals surface area contributed by atoms with Crippen molar-refractivity contribution in [2.24, 2.45) is 0 Å². The first-order valence-electron chi connectivity index (χ1n) is 20.1. The highest BCUT2D eigenvalue weighted by atomic mass is 32.1. The number of nitrogens with zero attached hydrogens (tertiary/aromatic N) is 4. The predicted molar refractivity (Wildman–Crippen MR) is 246 cm³/mol. The zero-order valence-electron chi connectivity index (χ0n) is 32.5. The Kier molecular flexibility index (Phi) is 7.41. The van der Waals surface area contributed by atoms with Crippen LogP contribution in [0.2, 0.25) is 0 Å². The maximum Gasteiger partial charge on any atom is 0.164 e. The number of para-hydroxylation sites is 1. The lowest BCUT2D eigenvalue weighted by atomic mass is 9.82. The molecular weight excluding hydrogens is 737 g/mol. The molecule has 1 aliphatic carbocycles. The molecule has 3 aromatic heterocycles. The van der Waals surface area contributed by atoms with E-state index in [0.717, 1.165) is 33.4 Å². The largest absolute Gasteiger partial charge is 0.309 e. The Balaban J connectivity index is 1.03. The molecule has 0 saturated carbocycles. The minimum Gasteiger partial charge on any atom is -0.309 e. The van der Waals surface area contributed by atoms with Gasteiger partial charge in [0.25, 0.3) is 0 Å². The molecule has 5 heteroatoms. The summed E-state index contributed by atoms with van der Waals surface area (Å²) in [6.07, 6.45) is 0. The molecule has 0 aliphatic heterocycles. The summed E-state index contributed by atoms with van der Waals surface area (Å²) in [5, 5.41) is 5.05. The number of fused-ring (bicyclic) bond motifs is 9. The van der Waals surface area contributed by atoms with Crippen LogP contribution in [0.1, 0.15) is 25.0 Å². The second-order valence-corrected chi connectivity index (χ2v) is 17.1. The van der Waals surface area contributed by atoms with Crippen molar-refractivity contribution in [3.05, 3.63) is 193 Å². The zero-order valence-corrected chi connectivity index (χ0v) is 33.3. The fraction of sp³-hybridized carbons (Fsp3) is 0.0556. The van der Waals surface area contributed by atoms with Gasteiger partial charge in [0.05, 0.1) is 11.0 Å². The lowest BCUT2D eigenvalue weighted by molar-refractivity contribution is 0.660. The van der Waals surface area contributed by atoms with Gasteiger partial charge in [-0.25, -0.2) is 15.0 Å². The Hall–Kier alpha value is -7.21. The van der Waals surface area contributed by atoms with E-state index in [2.05, 4.69) is 182 Å². The quantitative estimate of drug-likeness (QED) is 0.175. The molecule has 0 amide bonds. The lowest BCUT2D eigenvalue weighted by Crippen LogP contribution is -2.15. The first-order chi connectivity index (χ1) is 29.0. The Morgan fingerprint density at radius 3 is 1.88 bits per heavy atom. The Bertz CT molecular complexity index is 3480. The highest BCUT2D eigenvalue weighted by Crippen LogP contribution is 2.49. The maximum atomic E-state index is 5.24. The van der Waals surface area contributed by atoms with Crippen LogP contribution in [0.5, 0.6) is 0 Å². The smallest absolute Gasteiger partial charge is 0.164 e. The van der Waals surface area contributed by atoms with Crippen LogP contribution in [-0.2, 0) is 5.41 Å². The summed E-state index contributed by atoms with van der Waals surface area (Å²) in [5.41, 5.74) is 13.7. The second kappa shape index (κ2) is 12.9. The van der Waals surface area contributed by atoms with Crippen LogP contribution >= 0.6 is 11.3 Å². The molecule has 4 nitrogen and oxygen atoms in total. The Labute approximate surface area is 345 Å². The van der Waals surface area contributed by atoms with Crippen LogP contribution in [0.15, 0.2) is 182 Å². The van der Waals surface area contributed by atoms with Crippen molar-refractivity contribution < 1.29 is 0 Å². The molecule has 11 aromatic rings. The standard InChI is InChI=1S/C54H36N4S/c1-54(2)44-22-9-6-18-39(44)40-28-27-36(31-45(40)54)53-56-51(33-14-4-3-5-15-33)55-52(57-53)35-16-12-17-37(30-35)58-46-23-10-7-19-41(46)42-29-26-34(32-47(42)58)38-21-13-25-49-50(38)43-20-8-11-24-48(43)59-49/h3-32H,1-2H3. The summed E-state index contributed by atoms with van der Waals surface area (Å²) in [7, 11) is 0. The molecule has 0 unspecified atom stereocenters. The predicted octanol–water partition coefficient (Wildman–Crippen LogP) is 14.3. The molecule has 3 heterocycles. The molecular formula is C54H36N4S. The number of rotatable bonds is 5. The fourth-order valence-electron chi connectivity index (χ4n) is 9.41. The van der Waals surface area contributed by atoms with E-state index in [9.17, 15) is 0 Å². The first-order valence-corrected chi connectivity index (χ1v) is 20.9. The average Bonchev–Trinajstić information content (AvgIpc) is 3.91. The van der Waals surface area contributed by atoms with Crippen LogP contribution in [-0.4, -0.2) is 19.5 Å². The van der Waals surface area contributed by atoms with Crippen molar-refractivity contribution in [3.8, 4) is 62.1 Å². The molecule has 0 radical (unpaired) electrons. The van der Waals surface area contributed by atoms with Crippen molar-refractivity contribution in [3.63, 3.8) is 0 Å². The van der Waals surface area contributed by atoms with Gasteiger partial charge < -0.3 is 4.57 Å². The van der Waals surface area contributed by atoms with Crippen LogP contribution in [0.3, 0.4) is 0 Å². The van der Waals surface area contributed by atoms with E-state index in [0.29, 0.717) is 17.5 Å². The van der Waals surface area contributed by atoms with E-state index in [1.165, 1.54) is 64.3 Å². The number of aromatic nitrogens is 4. The highest BCUT2D eigenvalue weighted by molar-refractivity contribution is 7.25. The van der Waals surface area contributed by atoms with Crippen LogP contribution in [0.4, 0.5) is 0 Å². The normalized spacial score (nSPS) is 13.1. The average molecular weight is 773 g/mol. The van der Waals surface area contributed by atoms with Crippen molar-refractivity contribution in [1.82, 2.24) is 19.5 Å². The molecule has 0 saturated heterocycles. The summed E-state index contributed by atoms with van der Waals surface area (Å²) in [6, 6.07) is 65.4. The van der Waals surface area contributed by atoms with Gasteiger partial charge in [-0.2, -0.15) is 0 Å². The molecule has 0 atom stereocenters. The summed E-state index contributed by atoms with van der Waals surface area (Å²) < 4.78 is 5.01. The van der Waals surface area contributed by atoms with E-state index in [-0.39, 0.29) is 5.41 Å². The van der Waals surface area contributed by atoms with Gasteiger partial charge in [-0.05, 0) is 75.8 Å². The van der Waals surface area contributed by atoms with Gasteiger partial charge >= 0.3 is 0 Å². The van der Waals surface area contributed by atoms with Gasteiger partial charge in [-0.3, -0.25) is 0 Å². The van der Waals surface area contributed by atoms with E-state index < -0.39 is 0 Å². The zero-order chi connectivity index (χ0) is 39.2. The highest BCUT2D eigenvalue weighted by Gasteiger charge is 2.35. The van der Waals surface area contributed by atoms with E-state index in [1.807, 2.05) is 29.5 Å². The molecule has 1 aliphatic rings. The molecule has 0 spiro atoms. The van der Waals surface area contributed by atoms with Crippen molar-refractivity contribution in [2.45, 2.75) is 19.3 Å². The molecule has 59 heavy (non-hydrogen) atoms. The monoisotopic (exact) mass is 772 g/mol. The minimum absolute atomic E-state index is 0.138. The van der Waals surface area contributed by atoms with Gasteiger partial charge in [0.2, 0.25) is 0 Å². The van der Waals surface area contributed by atoms with Crippen LogP contribution < -0.4 is 0 Å². The summed E-state index contributed by atoms with van der Waals surface area (Å²) in [5.74, 6) is 1.94. The van der Waals surface area contributed by atoms with Crippen molar-refractivity contribution >= 4 is 53.3 Å². The van der Waals surface area contributed by atoms with E-state index in [1.54, 1.807) is 0 Å². The first kappa shape index (κ1) is 33.9. The number of benzene rings is 8. The van der Waals surface area contributed by atoms with Gasteiger partial charge in [-0.15, -0.1) is 11.3 Å². The van der Waals surface area contributed by atoms with Gasteiger partial charge in [0.1, 0.15) is 0 Å². The SMILES string of the molecule is CC1(C)c2ccccc2-c2ccc(-c3nc(-c4ccccc4)nc(-c4cccc(-n5c6ccccc6c6ccc(-c7cccc8sc9ccccc9c78)cc65)c4)n3)cc21. The summed E-state index contributed by atoms with van der Waals surface area (Å²) in [4.78, 5) is 15.5. The number of hydrogen-bond donors (Lipinski definition) is 0. The maximum absolute atomic E-state index is 5.24. The molecule has 0 bridgehead atoms. The molecule has 12 rings (SSSR count). The lowest BCUT2D eigenvalue weighted by Gasteiger charge is -2.21. The third-order valence-corrected chi connectivity index (χ3v) is 13.4. The van der Waals surface area contributed by atoms with Crippen molar-refractivity contribution in [1.29, 1.82) is 0 Å². The Morgan fingerprint density at radius 1 is 0.407 bits per heavy atom. The summed E-state index contributed by atoms with van der Waals surface area (Å²) >= 11 is 1.86. The van der Waals surface area contributed by atoms with Crippen LogP contribution in [0.25, 0.3) is 104 Å². The van der Waals surface area contributed by atoms with Gasteiger partial charge in [-0.1, -0.05) is 153 Å². The number of thiophene rings is 1. The van der Waals surface area contributed by atoms with Gasteiger partial charge in [0.15, 0.2) is 17.5 Å². The third-order valence-electron chi connectivity index (χ3n) is 12.3. The third kappa shape index (κ3) is 5.25. The van der Waals surface area contributed by atoms with Crippen molar-refractivity contribution in [2.75, 3.05) is 0 Å². The van der Waals surface area contributed by atoms with Gasteiger partial charge in [0, 0.05) is 58.7 Å². The molecule has 0 fully saturated rings. The fourth-order valence-corrected chi connectivity index (χ4v) is 10.5. The topological polar surface area (TPSA) is 43.6 Å².